The van der Waals surface area contributed by atoms with Crippen LogP contribution >= 0.6 is 0 Å². The number of ether oxygens (including phenoxy) is 1. The van der Waals surface area contributed by atoms with Gasteiger partial charge in [0.1, 0.15) is 0 Å². The third-order valence-corrected chi connectivity index (χ3v) is 10.8. The molecule has 2 aliphatic heterocycles. The Balaban J connectivity index is 1.28. The number of nitrogens with two attached hydrogens (primary N) is 1. The monoisotopic (exact) mass is 728 g/mol. The standard InChI is InChI=1S/C43H52N8O3/c1-4-39-38(40(47-36-14-20-54-21-15-36)37-25-46-51(5-2)42(37)48-39)28-50(43(53)34-11-7-10-33(24-34)41(44)52)27-35-23-32(13-12-29(35)3)31-9-6-8-30(22-31)26-49-18-16-45-17-19-49/h6-13,22-25,36,45H,4-5,14-21,26-28H2,1-3H3,(H2,44,52)(H,47,48). The van der Waals surface area contributed by atoms with E-state index < -0.39 is 5.91 Å². The van der Waals surface area contributed by atoms with E-state index in [1.807, 2.05) is 15.8 Å². The van der Waals surface area contributed by atoms with Crippen LogP contribution in [0.15, 0.2) is 72.9 Å². The molecule has 5 aromatic rings. The first-order valence-electron chi connectivity index (χ1n) is 19.3. The van der Waals surface area contributed by atoms with Gasteiger partial charge in [-0.2, -0.15) is 5.10 Å². The molecular weight excluding hydrogens is 677 g/mol. The third-order valence-electron chi connectivity index (χ3n) is 10.8. The molecule has 2 aliphatic rings. The normalized spacial score (nSPS) is 15.4. The fraction of sp³-hybridized carbons (Fsp3) is 0.395. The predicted molar refractivity (Wildman–Crippen MR) is 213 cm³/mol. The van der Waals surface area contributed by atoms with E-state index in [1.165, 1.54) is 5.56 Å². The van der Waals surface area contributed by atoms with Crippen molar-refractivity contribution in [2.24, 2.45) is 5.73 Å². The summed E-state index contributed by atoms with van der Waals surface area (Å²) < 4.78 is 7.62. The highest BCUT2D eigenvalue weighted by Crippen LogP contribution is 2.34. The molecule has 2 amide bonds. The number of anilines is 1. The van der Waals surface area contributed by atoms with Crippen molar-refractivity contribution in [3.63, 3.8) is 0 Å². The summed E-state index contributed by atoms with van der Waals surface area (Å²) in [5.41, 5.74) is 15.7. The summed E-state index contributed by atoms with van der Waals surface area (Å²) in [6, 6.07) is 22.2. The zero-order valence-electron chi connectivity index (χ0n) is 31.7. The number of carbonyl (C=O) groups excluding carboxylic acids is 2. The summed E-state index contributed by atoms with van der Waals surface area (Å²) in [6.45, 7) is 14.1. The molecule has 2 fully saturated rings. The number of pyridine rings is 1. The van der Waals surface area contributed by atoms with Gasteiger partial charge in [0.05, 0.1) is 23.8 Å². The van der Waals surface area contributed by atoms with Crippen LogP contribution in [0.25, 0.3) is 22.2 Å². The van der Waals surface area contributed by atoms with E-state index in [9.17, 15) is 9.59 Å². The maximum atomic E-state index is 14.7. The topological polar surface area (TPSA) is 131 Å². The Labute approximate surface area is 317 Å². The van der Waals surface area contributed by atoms with E-state index in [0.717, 1.165) is 95.8 Å². The van der Waals surface area contributed by atoms with Crippen molar-refractivity contribution in [2.45, 2.75) is 72.3 Å². The van der Waals surface area contributed by atoms with Gasteiger partial charge < -0.3 is 26.0 Å². The average Bonchev–Trinajstić information content (AvgIpc) is 3.62. The summed E-state index contributed by atoms with van der Waals surface area (Å²) in [5, 5.41) is 12.9. The van der Waals surface area contributed by atoms with Gasteiger partial charge in [-0.25, -0.2) is 9.67 Å². The first-order valence-corrected chi connectivity index (χ1v) is 19.3. The van der Waals surface area contributed by atoms with Gasteiger partial charge in [0.25, 0.3) is 5.91 Å². The van der Waals surface area contributed by atoms with E-state index in [2.05, 4.69) is 83.9 Å². The second-order valence-corrected chi connectivity index (χ2v) is 14.5. The summed E-state index contributed by atoms with van der Waals surface area (Å²) in [5.74, 6) is -0.762. The Morgan fingerprint density at radius 3 is 2.48 bits per heavy atom. The first kappa shape index (κ1) is 37.2. The van der Waals surface area contributed by atoms with E-state index in [0.29, 0.717) is 50.4 Å². The number of aryl methyl sites for hydroxylation is 3. The molecule has 0 unspecified atom stereocenters. The third kappa shape index (κ3) is 8.33. The lowest BCUT2D eigenvalue weighted by atomic mass is 9.97. The highest BCUT2D eigenvalue weighted by molar-refractivity contribution is 5.99. The molecule has 0 bridgehead atoms. The number of carbonyl (C=O) groups is 2. The van der Waals surface area contributed by atoms with Gasteiger partial charge in [-0.05, 0) is 91.3 Å². The summed E-state index contributed by atoms with van der Waals surface area (Å²) >= 11 is 0. The van der Waals surface area contributed by atoms with Gasteiger partial charge in [0.2, 0.25) is 5.91 Å². The first-order chi connectivity index (χ1) is 26.3. The number of fused-ring (bicyclic) bond motifs is 1. The minimum absolute atomic E-state index is 0.190. The number of hydrogen-bond acceptors (Lipinski definition) is 8. The lowest BCUT2D eigenvalue weighted by Gasteiger charge is -2.30. The quantitative estimate of drug-likeness (QED) is 0.136. The summed E-state index contributed by atoms with van der Waals surface area (Å²) in [6.07, 6.45) is 4.35. The van der Waals surface area contributed by atoms with Crippen LogP contribution in [-0.2, 0) is 37.3 Å². The second kappa shape index (κ2) is 16.9. The fourth-order valence-corrected chi connectivity index (χ4v) is 7.66. The molecule has 0 atom stereocenters. The molecule has 3 aromatic carbocycles. The predicted octanol–water partition coefficient (Wildman–Crippen LogP) is 5.93. The van der Waals surface area contributed by atoms with Gasteiger partial charge in [-0.15, -0.1) is 0 Å². The molecule has 11 nitrogen and oxygen atoms in total. The molecule has 7 rings (SSSR count). The van der Waals surface area contributed by atoms with Crippen LogP contribution in [0.3, 0.4) is 0 Å². The van der Waals surface area contributed by atoms with E-state index >= 15 is 0 Å². The van der Waals surface area contributed by atoms with E-state index in [4.69, 9.17) is 15.5 Å². The lowest BCUT2D eigenvalue weighted by molar-refractivity contribution is 0.0729. The van der Waals surface area contributed by atoms with Crippen molar-refractivity contribution < 1.29 is 14.3 Å². The molecule has 54 heavy (non-hydrogen) atoms. The SMILES string of the molecule is CCc1nc2c(cnn2CC)c(NC2CCOCC2)c1CN(Cc1cc(-c2cccc(CN3CCNCC3)c2)ccc1C)C(=O)c1cccc(C(N)=O)c1. The number of benzene rings is 3. The number of nitrogens with one attached hydrogen (secondary N) is 2. The zero-order valence-corrected chi connectivity index (χ0v) is 31.7. The molecule has 0 saturated carbocycles. The Morgan fingerprint density at radius 1 is 0.963 bits per heavy atom. The molecule has 0 radical (unpaired) electrons. The van der Waals surface area contributed by atoms with Gasteiger partial charge in [0, 0.05) is 87.5 Å². The number of rotatable bonds is 13. The molecule has 11 heteroatoms. The van der Waals surface area contributed by atoms with Crippen LogP contribution in [0.5, 0.6) is 0 Å². The molecule has 4 N–H and O–H groups in total. The molecular formula is C43H52N8O3. The van der Waals surface area contributed by atoms with Gasteiger partial charge in [-0.1, -0.05) is 43.3 Å². The Kier molecular flexibility index (Phi) is 11.7. The number of nitrogens with zero attached hydrogens (tertiary/aromatic N) is 5. The van der Waals surface area contributed by atoms with Crippen molar-refractivity contribution >= 4 is 28.5 Å². The fourth-order valence-electron chi connectivity index (χ4n) is 7.66. The minimum Gasteiger partial charge on any atom is -0.381 e. The van der Waals surface area contributed by atoms with Crippen molar-refractivity contribution in [3.8, 4) is 11.1 Å². The van der Waals surface area contributed by atoms with Gasteiger partial charge in [-0.3, -0.25) is 14.5 Å². The van der Waals surface area contributed by atoms with Crippen molar-refractivity contribution in [1.29, 1.82) is 0 Å². The van der Waals surface area contributed by atoms with Crippen LogP contribution in [-0.4, -0.2) is 81.8 Å². The van der Waals surface area contributed by atoms with E-state index in [-0.39, 0.29) is 11.9 Å². The lowest BCUT2D eigenvalue weighted by Crippen LogP contribution is -2.42. The average molecular weight is 729 g/mol. The minimum atomic E-state index is -0.572. The van der Waals surface area contributed by atoms with Crippen molar-refractivity contribution in [1.82, 2.24) is 29.9 Å². The zero-order chi connectivity index (χ0) is 37.6. The van der Waals surface area contributed by atoms with Crippen LogP contribution < -0.4 is 16.4 Å². The number of amides is 2. The number of primary amides is 1. The molecule has 2 aromatic heterocycles. The second-order valence-electron chi connectivity index (χ2n) is 14.5. The number of aromatic nitrogens is 3. The molecule has 0 spiro atoms. The largest absolute Gasteiger partial charge is 0.381 e. The smallest absolute Gasteiger partial charge is 0.254 e. The van der Waals surface area contributed by atoms with Crippen LogP contribution in [0, 0.1) is 6.92 Å². The maximum Gasteiger partial charge on any atom is 0.254 e. The number of hydrogen-bond donors (Lipinski definition) is 3. The van der Waals surface area contributed by atoms with Crippen LogP contribution in [0.2, 0.25) is 0 Å². The molecule has 282 valence electrons. The highest BCUT2D eigenvalue weighted by Gasteiger charge is 2.26. The van der Waals surface area contributed by atoms with Crippen molar-refractivity contribution in [3.05, 3.63) is 112 Å². The summed E-state index contributed by atoms with van der Waals surface area (Å²) in [7, 11) is 0. The van der Waals surface area contributed by atoms with Crippen LogP contribution in [0.4, 0.5) is 5.69 Å². The molecule has 4 heterocycles. The number of piperazine rings is 1. The van der Waals surface area contributed by atoms with Crippen LogP contribution in [0.1, 0.15) is 75.4 Å². The Hall–Kier alpha value is -5.10. The molecule has 0 aliphatic carbocycles. The maximum absolute atomic E-state index is 14.7. The van der Waals surface area contributed by atoms with Gasteiger partial charge >= 0.3 is 0 Å². The van der Waals surface area contributed by atoms with Gasteiger partial charge in [0.15, 0.2) is 5.65 Å². The summed E-state index contributed by atoms with van der Waals surface area (Å²) in [4.78, 5) is 36.5. The molecule has 2 saturated heterocycles. The Morgan fingerprint density at radius 2 is 1.72 bits per heavy atom. The highest BCUT2D eigenvalue weighted by atomic mass is 16.5. The Bertz CT molecular complexity index is 2120. The van der Waals surface area contributed by atoms with E-state index in [1.54, 1.807) is 24.3 Å². The van der Waals surface area contributed by atoms with Crippen molar-refractivity contribution in [2.75, 3.05) is 44.7 Å².